The maximum absolute atomic E-state index is 14.7. The van der Waals surface area contributed by atoms with Crippen LogP contribution in [0.25, 0.3) is 53.9 Å². The fourth-order valence-electron chi connectivity index (χ4n) is 8.85. The van der Waals surface area contributed by atoms with Gasteiger partial charge in [-0.25, -0.2) is 4.90 Å². The number of nitrogens with zero attached hydrogens (tertiary/aromatic N) is 1. The van der Waals surface area contributed by atoms with Gasteiger partial charge in [0.1, 0.15) is 0 Å². The Morgan fingerprint density at radius 1 is 0.685 bits per heavy atom. The molecule has 6 aromatic rings. The van der Waals surface area contributed by atoms with Crippen molar-refractivity contribution in [3.8, 4) is 20.2 Å². The second-order valence-electron chi connectivity index (χ2n) is 15.6. The second kappa shape index (κ2) is 13.8. The predicted molar refractivity (Wildman–Crippen MR) is 231 cm³/mol. The lowest BCUT2D eigenvalue weighted by Gasteiger charge is -2.33. The summed E-state index contributed by atoms with van der Waals surface area (Å²) >= 11 is 3.81. The number of benzene rings is 4. The molecule has 3 nitrogen and oxygen atoms in total. The number of hydrogen-bond donors (Lipinski definition) is 0. The summed E-state index contributed by atoms with van der Waals surface area (Å²) in [4.78, 5) is 36.2. The van der Waals surface area contributed by atoms with E-state index in [0.29, 0.717) is 17.6 Å². The molecule has 2 amide bonds. The lowest BCUT2D eigenvalue weighted by Crippen LogP contribution is -2.44. The third-order valence-corrected chi connectivity index (χ3v) is 14.1. The number of imide groups is 1. The summed E-state index contributed by atoms with van der Waals surface area (Å²) in [6.07, 6.45) is 15.1. The topological polar surface area (TPSA) is 37.4 Å². The highest BCUT2D eigenvalue weighted by atomic mass is 32.1. The van der Waals surface area contributed by atoms with Crippen molar-refractivity contribution in [3.05, 3.63) is 134 Å². The molecule has 0 atom stereocenters. The Balaban J connectivity index is 1.16. The van der Waals surface area contributed by atoms with Gasteiger partial charge in [-0.2, -0.15) is 0 Å². The summed E-state index contributed by atoms with van der Waals surface area (Å²) in [7, 11) is 0. The van der Waals surface area contributed by atoms with E-state index < -0.39 is 0 Å². The summed E-state index contributed by atoms with van der Waals surface area (Å²) in [6.45, 7) is 10.8. The average Bonchev–Trinajstić information content (AvgIpc) is 3.75. The Labute approximate surface area is 326 Å². The molecule has 0 saturated heterocycles. The van der Waals surface area contributed by atoms with Crippen molar-refractivity contribution in [2.24, 2.45) is 0 Å². The third kappa shape index (κ3) is 5.58. The van der Waals surface area contributed by atoms with E-state index in [1.807, 2.05) is 40.9 Å². The first-order valence-corrected chi connectivity index (χ1v) is 21.2. The van der Waals surface area contributed by atoms with Crippen LogP contribution in [0.1, 0.15) is 99.3 Å². The van der Waals surface area contributed by atoms with Gasteiger partial charge in [0.25, 0.3) is 11.8 Å². The van der Waals surface area contributed by atoms with Gasteiger partial charge in [-0.15, -0.1) is 22.7 Å². The van der Waals surface area contributed by atoms with Crippen molar-refractivity contribution in [2.45, 2.75) is 85.0 Å². The van der Waals surface area contributed by atoms with Crippen molar-refractivity contribution in [2.75, 3.05) is 4.90 Å². The standard InChI is InChI=1S/C49H45NO2S2/c1-6-7-8-9-12-30-17-24-44(53-30)45-26-25-43(54-45)35-20-21-38-34-19-23-40-42-27-41(34)33(36-15-11-16-37(35)46(36)38)18-22-39(42)48(51)50(49(40)52)47-31(28(2)3)13-10-14-32(47)29(4)5/h10-11,13-26,28-29H,6-9,12,27H2,1-5H3. The largest absolute Gasteiger partial charge is 0.268 e. The molecular formula is C49H45NO2S2. The number of amides is 2. The highest BCUT2D eigenvalue weighted by Crippen LogP contribution is 2.45. The van der Waals surface area contributed by atoms with Crippen LogP contribution >= 0.6 is 22.7 Å². The van der Waals surface area contributed by atoms with Gasteiger partial charge in [0, 0.05) is 37.1 Å². The van der Waals surface area contributed by atoms with Gasteiger partial charge in [-0.1, -0.05) is 115 Å². The van der Waals surface area contributed by atoms with E-state index in [1.165, 1.54) is 89.2 Å². The molecule has 0 radical (unpaired) electrons. The SMILES string of the molecule is CCCCCCc1ccc(-c2ccc(-c3ccc4c5c6c(c7cccc3c74)C=CC3=C(C6)C(=CC=5)C(=O)N(c4c(C(C)C)cccc4C(C)C)C3=O)s2)s1. The Morgan fingerprint density at radius 3 is 2.19 bits per heavy atom. The highest BCUT2D eigenvalue weighted by Gasteiger charge is 2.40. The smallest absolute Gasteiger partial charge is 0.265 e. The van der Waals surface area contributed by atoms with Crippen molar-refractivity contribution >= 4 is 73.9 Å². The summed E-state index contributed by atoms with van der Waals surface area (Å²) in [5, 5.41) is 5.96. The highest BCUT2D eigenvalue weighted by molar-refractivity contribution is 7.24. The summed E-state index contributed by atoms with van der Waals surface area (Å²) < 4.78 is 0. The molecule has 3 aliphatic rings. The molecule has 1 aliphatic heterocycles. The molecule has 0 N–H and O–H groups in total. The van der Waals surface area contributed by atoms with Gasteiger partial charge >= 0.3 is 0 Å². The number of para-hydroxylation sites is 1. The quantitative estimate of drug-likeness (QED) is 0.103. The number of carbonyl (C=O) groups is 2. The van der Waals surface area contributed by atoms with Crippen LogP contribution in [0.3, 0.4) is 0 Å². The number of aryl methyl sites for hydroxylation is 1. The van der Waals surface area contributed by atoms with Gasteiger partial charge in [0.05, 0.1) is 5.69 Å². The van der Waals surface area contributed by atoms with Crippen molar-refractivity contribution in [1.82, 2.24) is 0 Å². The monoisotopic (exact) mass is 743 g/mol. The number of fused-ring (bicyclic) bond motifs is 2. The van der Waals surface area contributed by atoms with Crippen LogP contribution in [0.2, 0.25) is 0 Å². The molecule has 270 valence electrons. The number of rotatable bonds is 10. The van der Waals surface area contributed by atoms with Gasteiger partial charge in [-0.3, -0.25) is 9.59 Å². The molecular weight excluding hydrogens is 699 g/mol. The van der Waals surface area contributed by atoms with E-state index in [1.54, 1.807) is 0 Å². The molecule has 4 aromatic carbocycles. The Hall–Kier alpha value is -4.84. The summed E-state index contributed by atoms with van der Waals surface area (Å²) in [6, 6.07) is 26.6. The van der Waals surface area contributed by atoms with Crippen molar-refractivity contribution < 1.29 is 9.59 Å². The van der Waals surface area contributed by atoms with Crippen LogP contribution < -0.4 is 10.1 Å². The normalized spacial score (nSPS) is 15.2. The summed E-state index contributed by atoms with van der Waals surface area (Å²) in [5.74, 6) is -0.170. The maximum atomic E-state index is 14.7. The minimum absolute atomic E-state index is 0.149. The molecule has 5 heteroatoms. The second-order valence-corrected chi connectivity index (χ2v) is 17.9. The van der Waals surface area contributed by atoms with E-state index in [-0.39, 0.29) is 23.7 Å². The van der Waals surface area contributed by atoms with Crippen LogP contribution in [0.15, 0.2) is 102 Å². The fraction of sp³-hybridized carbons (Fsp3) is 0.265. The molecule has 0 saturated carbocycles. The lowest BCUT2D eigenvalue weighted by molar-refractivity contribution is -0.123. The first-order chi connectivity index (χ1) is 26.2. The zero-order chi connectivity index (χ0) is 37.2. The predicted octanol–water partition coefficient (Wildman–Crippen LogP) is 12.7. The fourth-order valence-corrected chi connectivity index (χ4v) is 11.0. The number of carbonyl (C=O) groups excluding carboxylic acids is 2. The number of thiophene rings is 2. The molecule has 2 bridgehead atoms. The van der Waals surface area contributed by atoms with Gasteiger partial charge in [-0.05, 0) is 121 Å². The van der Waals surface area contributed by atoms with Crippen molar-refractivity contribution in [3.63, 3.8) is 0 Å². The van der Waals surface area contributed by atoms with Gasteiger partial charge < -0.3 is 0 Å². The number of allylic oxidation sites excluding steroid dienone is 1. The lowest BCUT2D eigenvalue weighted by atomic mass is 9.85. The van der Waals surface area contributed by atoms with Gasteiger partial charge in [0.15, 0.2) is 0 Å². The molecule has 0 fully saturated rings. The molecule has 2 aliphatic carbocycles. The minimum atomic E-state index is -0.234. The Morgan fingerprint density at radius 2 is 1.41 bits per heavy atom. The maximum Gasteiger partial charge on any atom is 0.265 e. The molecule has 3 heterocycles. The van der Waals surface area contributed by atoms with E-state index in [0.717, 1.165) is 33.2 Å². The number of anilines is 1. The first-order valence-electron chi connectivity index (χ1n) is 19.6. The molecule has 0 unspecified atom stereocenters. The van der Waals surface area contributed by atoms with Gasteiger partial charge in [0.2, 0.25) is 0 Å². The average molecular weight is 744 g/mol. The van der Waals surface area contributed by atoms with E-state index >= 15 is 0 Å². The van der Waals surface area contributed by atoms with Crippen LogP contribution in [-0.4, -0.2) is 11.8 Å². The molecule has 54 heavy (non-hydrogen) atoms. The first kappa shape index (κ1) is 34.9. The van der Waals surface area contributed by atoms with E-state index in [2.05, 4.69) is 114 Å². The number of hydrogen-bond acceptors (Lipinski definition) is 4. The van der Waals surface area contributed by atoms with E-state index in [4.69, 9.17) is 0 Å². The zero-order valence-electron chi connectivity index (χ0n) is 31.7. The number of unbranched alkanes of at least 4 members (excludes halogenated alkanes) is 3. The minimum Gasteiger partial charge on any atom is -0.268 e. The van der Waals surface area contributed by atoms with Crippen LogP contribution in [0.4, 0.5) is 5.69 Å². The Bertz CT molecular complexity index is 2650. The summed E-state index contributed by atoms with van der Waals surface area (Å²) in [5.41, 5.74) is 8.38. The van der Waals surface area contributed by atoms with E-state index in [9.17, 15) is 9.59 Å². The van der Waals surface area contributed by atoms with Crippen LogP contribution in [-0.2, 0) is 22.4 Å². The molecule has 0 spiro atoms. The third-order valence-electron chi connectivity index (χ3n) is 11.6. The molecule has 2 aromatic heterocycles. The molecule has 9 rings (SSSR count). The van der Waals surface area contributed by atoms with Crippen LogP contribution in [0, 0.1) is 0 Å². The van der Waals surface area contributed by atoms with Crippen LogP contribution in [0.5, 0.6) is 0 Å². The van der Waals surface area contributed by atoms with Crippen molar-refractivity contribution in [1.29, 1.82) is 0 Å². The Kier molecular flexibility index (Phi) is 8.91. The zero-order valence-corrected chi connectivity index (χ0v) is 33.3.